The molecule has 1 heterocycles. The van der Waals surface area contributed by atoms with Gasteiger partial charge in [-0.1, -0.05) is 24.3 Å². The minimum atomic E-state index is -0.458. The smallest absolute Gasteiger partial charge is 0.292 e. The van der Waals surface area contributed by atoms with E-state index >= 15 is 0 Å². The Balaban J connectivity index is 1.41. The van der Waals surface area contributed by atoms with E-state index in [1.54, 1.807) is 18.2 Å². The summed E-state index contributed by atoms with van der Waals surface area (Å²) >= 11 is 0. The highest BCUT2D eigenvalue weighted by molar-refractivity contribution is 5.76. The molecule has 8 heteroatoms. The largest absolute Gasteiger partial charge is 0.486 e. The van der Waals surface area contributed by atoms with Gasteiger partial charge in [0.05, 0.1) is 11.5 Å². The van der Waals surface area contributed by atoms with Crippen LogP contribution in [0.3, 0.4) is 0 Å². The Labute approximate surface area is 150 Å². The van der Waals surface area contributed by atoms with Crippen LogP contribution >= 0.6 is 0 Å². The zero-order valence-corrected chi connectivity index (χ0v) is 14.0. The zero-order valence-electron chi connectivity index (χ0n) is 14.0. The molecule has 1 atom stereocenters. The fraction of sp³-hybridized carbons (Fsp3) is 0.278. The molecule has 0 aromatic heterocycles. The van der Waals surface area contributed by atoms with E-state index in [0.717, 1.165) is 0 Å². The minimum absolute atomic E-state index is 0.0145. The summed E-state index contributed by atoms with van der Waals surface area (Å²) in [4.78, 5) is 22.4. The van der Waals surface area contributed by atoms with Crippen LogP contribution in [0.15, 0.2) is 48.5 Å². The van der Waals surface area contributed by atoms with E-state index in [2.05, 4.69) is 10.6 Å². The summed E-state index contributed by atoms with van der Waals surface area (Å²) in [5.74, 6) is 1.19. The molecule has 1 aliphatic rings. The maximum absolute atomic E-state index is 12.0. The topological polar surface area (TPSA) is 103 Å². The van der Waals surface area contributed by atoms with Gasteiger partial charge in [-0.2, -0.15) is 0 Å². The van der Waals surface area contributed by atoms with E-state index in [0.29, 0.717) is 36.9 Å². The number of rotatable bonds is 7. The van der Waals surface area contributed by atoms with Crippen LogP contribution in [0.25, 0.3) is 0 Å². The van der Waals surface area contributed by atoms with Gasteiger partial charge >= 0.3 is 0 Å². The molecular weight excluding hydrogens is 338 g/mol. The minimum Gasteiger partial charge on any atom is -0.486 e. The first-order chi connectivity index (χ1) is 12.6. The zero-order chi connectivity index (χ0) is 18.4. The number of carbonyl (C=O) groups excluding carboxylic acids is 1. The molecule has 0 bridgehead atoms. The number of para-hydroxylation sites is 4. The van der Waals surface area contributed by atoms with Gasteiger partial charge in [0.2, 0.25) is 5.91 Å². The SMILES string of the molecule is O=C(CCNc1ccccc1[N+](=O)[O-])NC[C@H]1COc2ccccc2O1. The molecule has 0 radical (unpaired) electrons. The van der Waals surface area contributed by atoms with Crippen molar-refractivity contribution in [2.45, 2.75) is 12.5 Å². The Kier molecular flexibility index (Phi) is 5.52. The van der Waals surface area contributed by atoms with Crippen LogP contribution in [0.2, 0.25) is 0 Å². The van der Waals surface area contributed by atoms with Crippen LogP contribution in [-0.2, 0) is 4.79 Å². The third kappa shape index (κ3) is 4.41. The van der Waals surface area contributed by atoms with Crippen molar-refractivity contribution in [1.82, 2.24) is 5.32 Å². The molecule has 2 N–H and O–H groups in total. The number of hydrogen-bond acceptors (Lipinski definition) is 6. The van der Waals surface area contributed by atoms with Gasteiger partial charge in [-0.15, -0.1) is 0 Å². The highest BCUT2D eigenvalue weighted by atomic mass is 16.6. The first-order valence-corrected chi connectivity index (χ1v) is 8.26. The van der Waals surface area contributed by atoms with Crippen molar-refractivity contribution < 1.29 is 19.2 Å². The Morgan fingerprint density at radius 1 is 1.15 bits per heavy atom. The highest BCUT2D eigenvalue weighted by Crippen LogP contribution is 2.30. The van der Waals surface area contributed by atoms with E-state index in [-0.39, 0.29) is 24.1 Å². The third-order valence-electron chi connectivity index (χ3n) is 3.86. The van der Waals surface area contributed by atoms with E-state index < -0.39 is 4.92 Å². The maximum atomic E-state index is 12.0. The third-order valence-corrected chi connectivity index (χ3v) is 3.86. The van der Waals surface area contributed by atoms with Crippen LogP contribution in [-0.4, -0.2) is 36.6 Å². The molecule has 136 valence electrons. The lowest BCUT2D eigenvalue weighted by molar-refractivity contribution is -0.384. The quantitative estimate of drug-likeness (QED) is 0.582. The summed E-state index contributed by atoms with van der Waals surface area (Å²) in [7, 11) is 0. The number of amides is 1. The second-order valence-electron chi connectivity index (χ2n) is 5.75. The van der Waals surface area contributed by atoms with E-state index in [9.17, 15) is 14.9 Å². The van der Waals surface area contributed by atoms with E-state index in [1.807, 2.05) is 24.3 Å². The van der Waals surface area contributed by atoms with Gasteiger partial charge in [-0.25, -0.2) is 0 Å². The molecule has 2 aromatic rings. The normalized spacial score (nSPS) is 15.2. The van der Waals surface area contributed by atoms with Crippen LogP contribution < -0.4 is 20.1 Å². The summed E-state index contributed by atoms with van der Waals surface area (Å²) < 4.78 is 11.4. The summed E-state index contributed by atoms with van der Waals surface area (Å²) in [5, 5.41) is 16.7. The van der Waals surface area contributed by atoms with Gasteiger partial charge in [-0.3, -0.25) is 14.9 Å². The molecule has 0 spiro atoms. The predicted molar refractivity (Wildman–Crippen MR) is 95.6 cm³/mol. The molecule has 26 heavy (non-hydrogen) atoms. The molecule has 2 aromatic carbocycles. The summed E-state index contributed by atoms with van der Waals surface area (Å²) in [5.41, 5.74) is 0.380. The Hall–Kier alpha value is -3.29. The second kappa shape index (κ2) is 8.19. The Morgan fingerprint density at radius 2 is 1.88 bits per heavy atom. The number of nitrogens with one attached hydrogen (secondary N) is 2. The standard InChI is InChI=1S/C18H19N3O5/c22-18(9-10-19-14-5-1-2-6-15(14)21(23)24)20-11-13-12-25-16-7-3-4-8-17(16)26-13/h1-8,13,19H,9-12H2,(H,20,22)/t13-/m0/s1. The molecule has 3 rings (SSSR count). The van der Waals surface area contributed by atoms with Crippen LogP contribution in [0.4, 0.5) is 11.4 Å². The first kappa shape index (κ1) is 17.5. The number of nitrogens with zero attached hydrogens (tertiary/aromatic N) is 1. The number of ether oxygens (including phenoxy) is 2. The lowest BCUT2D eigenvalue weighted by atomic mass is 10.2. The molecule has 8 nitrogen and oxygen atoms in total. The van der Waals surface area contributed by atoms with Crippen molar-refractivity contribution in [2.75, 3.05) is 25.0 Å². The molecule has 0 unspecified atom stereocenters. The molecule has 0 saturated heterocycles. The van der Waals surface area contributed by atoms with Crippen LogP contribution in [0, 0.1) is 10.1 Å². The van der Waals surface area contributed by atoms with Gasteiger partial charge in [0.1, 0.15) is 18.4 Å². The summed E-state index contributed by atoms with van der Waals surface area (Å²) in [6, 6.07) is 13.7. The Morgan fingerprint density at radius 3 is 2.69 bits per heavy atom. The molecular formula is C18H19N3O5. The first-order valence-electron chi connectivity index (χ1n) is 8.26. The van der Waals surface area contributed by atoms with Gasteiger partial charge < -0.3 is 20.1 Å². The maximum Gasteiger partial charge on any atom is 0.292 e. The number of benzene rings is 2. The second-order valence-corrected chi connectivity index (χ2v) is 5.75. The molecule has 0 aliphatic carbocycles. The summed E-state index contributed by atoms with van der Waals surface area (Å²) in [6.45, 7) is 0.992. The number of nitro benzene ring substituents is 1. The van der Waals surface area contributed by atoms with Gasteiger partial charge in [0, 0.05) is 19.0 Å². The fourth-order valence-corrected chi connectivity index (χ4v) is 2.57. The summed E-state index contributed by atoms with van der Waals surface area (Å²) in [6.07, 6.45) is -0.0621. The fourth-order valence-electron chi connectivity index (χ4n) is 2.57. The van der Waals surface area contributed by atoms with Crippen molar-refractivity contribution in [3.63, 3.8) is 0 Å². The van der Waals surface area contributed by atoms with Crippen molar-refractivity contribution >= 4 is 17.3 Å². The molecule has 0 saturated carbocycles. The number of carbonyl (C=O) groups is 1. The average molecular weight is 357 g/mol. The predicted octanol–water partition coefficient (Wildman–Crippen LogP) is 2.35. The lowest BCUT2D eigenvalue weighted by Gasteiger charge is -2.26. The average Bonchev–Trinajstić information content (AvgIpc) is 2.66. The van der Waals surface area contributed by atoms with Gasteiger partial charge in [0.15, 0.2) is 11.5 Å². The number of nitro groups is 1. The van der Waals surface area contributed by atoms with Crippen molar-refractivity contribution in [1.29, 1.82) is 0 Å². The number of anilines is 1. The van der Waals surface area contributed by atoms with Crippen LogP contribution in [0.5, 0.6) is 11.5 Å². The van der Waals surface area contributed by atoms with Gasteiger partial charge in [0.25, 0.3) is 5.69 Å². The number of fused-ring (bicyclic) bond motifs is 1. The van der Waals surface area contributed by atoms with Crippen molar-refractivity contribution in [2.24, 2.45) is 0 Å². The van der Waals surface area contributed by atoms with E-state index in [1.165, 1.54) is 6.07 Å². The van der Waals surface area contributed by atoms with Gasteiger partial charge in [-0.05, 0) is 18.2 Å². The monoisotopic (exact) mass is 357 g/mol. The molecule has 1 aliphatic heterocycles. The van der Waals surface area contributed by atoms with Crippen molar-refractivity contribution in [3.05, 3.63) is 58.6 Å². The highest BCUT2D eigenvalue weighted by Gasteiger charge is 2.21. The van der Waals surface area contributed by atoms with Crippen LogP contribution in [0.1, 0.15) is 6.42 Å². The van der Waals surface area contributed by atoms with Crippen molar-refractivity contribution in [3.8, 4) is 11.5 Å². The molecule has 0 fully saturated rings. The Bertz CT molecular complexity index is 796. The number of hydrogen-bond donors (Lipinski definition) is 2. The van der Waals surface area contributed by atoms with E-state index in [4.69, 9.17) is 9.47 Å². The molecule has 1 amide bonds. The lowest BCUT2D eigenvalue weighted by Crippen LogP contribution is -2.41.